The van der Waals surface area contributed by atoms with E-state index in [-0.39, 0.29) is 11.8 Å². The molecule has 1 aromatic rings. The molecule has 1 fully saturated rings. The Labute approximate surface area is 110 Å². The number of hydrogen-bond donors (Lipinski definition) is 1. The third kappa shape index (κ3) is 2.97. The van der Waals surface area contributed by atoms with Gasteiger partial charge in [-0.25, -0.2) is 0 Å². The van der Waals surface area contributed by atoms with Crippen molar-refractivity contribution < 1.29 is 4.79 Å². The van der Waals surface area contributed by atoms with Crippen LogP contribution in [0, 0.1) is 5.92 Å². The summed E-state index contributed by atoms with van der Waals surface area (Å²) >= 11 is 2.33. The van der Waals surface area contributed by atoms with Gasteiger partial charge in [-0.2, -0.15) is 0 Å². The summed E-state index contributed by atoms with van der Waals surface area (Å²) in [7, 11) is 0. The molecule has 1 aliphatic rings. The topological polar surface area (TPSA) is 29.1 Å². The van der Waals surface area contributed by atoms with Gasteiger partial charge >= 0.3 is 0 Å². The fourth-order valence-electron chi connectivity index (χ4n) is 1.96. The SMILES string of the molecule is O=C(NCCCI)C1CC1c1ccccc1. The van der Waals surface area contributed by atoms with Gasteiger partial charge in [-0.3, -0.25) is 4.79 Å². The first-order chi connectivity index (χ1) is 7.83. The Kier molecular flexibility index (Phi) is 4.21. The first kappa shape index (κ1) is 11.9. The van der Waals surface area contributed by atoms with E-state index in [1.165, 1.54) is 5.56 Å². The minimum atomic E-state index is 0.219. The molecule has 16 heavy (non-hydrogen) atoms. The van der Waals surface area contributed by atoms with Gasteiger partial charge in [0.1, 0.15) is 0 Å². The highest BCUT2D eigenvalue weighted by Crippen LogP contribution is 2.47. The average Bonchev–Trinajstić information content (AvgIpc) is 3.10. The number of rotatable bonds is 5. The molecule has 1 aromatic carbocycles. The molecule has 0 aliphatic heterocycles. The van der Waals surface area contributed by atoms with Gasteiger partial charge in [0, 0.05) is 16.9 Å². The van der Waals surface area contributed by atoms with Crippen molar-refractivity contribution in [2.75, 3.05) is 11.0 Å². The molecule has 1 saturated carbocycles. The maximum atomic E-state index is 11.8. The van der Waals surface area contributed by atoms with E-state index in [0.29, 0.717) is 5.92 Å². The Morgan fingerprint density at radius 1 is 1.38 bits per heavy atom. The van der Waals surface area contributed by atoms with E-state index >= 15 is 0 Å². The minimum Gasteiger partial charge on any atom is -0.356 e. The van der Waals surface area contributed by atoms with Crippen molar-refractivity contribution in [1.82, 2.24) is 5.32 Å². The summed E-state index contributed by atoms with van der Waals surface area (Å²) in [4.78, 5) is 11.8. The highest BCUT2D eigenvalue weighted by Gasteiger charge is 2.43. The van der Waals surface area contributed by atoms with Crippen molar-refractivity contribution in [2.24, 2.45) is 5.92 Å². The van der Waals surface area contributed by atoms with Gasteiger partial charge in [-0.15, -0.1) is 0 Å². The quantitative estimate of drug-likeness (QED) is 0.502. The fourth-order valence-corrected chi connectivity index (χ4v) is 2.34. The normalized spacial score (nSPS) is 22.8. The van der Waals surface area contributed by atoms with Gasteiger partial charge in [0.2, 0.25) is 5.91 Å². The van der Waals surface area contributed by atoms with E-state index in [1.807, 2.05) is 18.2 Å². The molecule has 0 saturated heterocycles. The molecule has 0 spiro atoms. The monoisotopic (exact) mass is 329 g/mol. The van der Waals surface area contributed by atoms with Crippen molar-refractivity contribution >= 4 is 28.5 Å². The summed E-state index contributed by atoms with van der Waals surface area (Å²) in [5.74, 6) is 0.913. The van der Waals surface area contributed by atoms with Crippen LogP contribution in [0.1, 0.15) is 24.3 Å². The first-order valence-electron chi connectivity index (χ1n) is 5.71. The van der Waals surface area contributed by atoms with Crippen LogP contribution in [0.5, 0.6) is 0 Å². The molecular weight excluding hydrogens is 313 g/mol. The number of carbonyl (C=O) groups excluding carboxylic acids is 1. The lowest BCUT2D eigenvalue weighted by Crippen LogP contribution is -2.26. The van der Waals surface area contributed by atoms with Crippen LogP contribution in [-0.4, -0.2) is 16.9 Å². The largest absolute Gasteiger partial charge is 0.356 e. The van der Waals surface area contributed by atoms with E-state index in [1.54, 1.807) is 0 Å². The molecule has 86 valence electrons. The number of carbonyl (C=O) groups is 1. The Hall–Kier alpha value is -0.580. The van der Waals surface area contributed by atoms with E-state index in [9.17, 15) is 4.79 Å². The molecule has 0 aromatic heterocycles. The molecular formula is C13H16INO. The van der Waals surface area contributed by atoms with Gasteiger partial charge in [0.15, 0.2) is 0 Å². The van der Waals surface area contributed by atoms with Crippen LogP contribution in [0.15, 0.2) is 30.3 Å². The highest BCUT2D eigenvalue weighted by molar-refractivity contribution is 14.1. The van der Waals surface area contributed by atoms with Crippen LogP contribution in [0.25, 0.3) is 0 Å². The van der Waals surface area contributed by atoms with Crippen LogP contribution in [0.4, 0.5) is 0 Å². The van der Waals surface area contributed by atoms with Gasteiger partial charge in [-0.1, -0.05) is 52.9 Å². The smallest absolute Gasteiger partial charge is 0.223 e. The molecule has 0 heterocycles. The maximum Gasteiger partial charge on any atom is 0.223 e. The number of alkyl halides is 1. The zero-order chi connectivity index (χ0) is 11.4. The summed E-state index contributed by atoms with van der Waals surface area (Å²) in [6.07, 6.45) is 2.08. The maximum absolute atomic E-state index is 11.8. The number of hydrogen-bond acceptors (Lipinski definition) is 1. The number of nitrogens with one attached hydrogen (secondary N) is 1. The van der Waals surface area contributed by atoms with Crippen LogP contribution in [-0.2, 0) is 4.79 Å². The number of amides is 1. The van der Waals surface area contributed by atoms with E-state index < -0.39 is 0 Å². The zero-order valence-electron chi connectivity index (χ0n) is 9.16. The molecule has 2 atom stereocenters. The molecule has 3 heteroatoms. The second kappa shape index (κ2) is 5.66. The summed E-state index contributed by atoms with van der Waals surface area (Å²) in [5.41, 5.74) is 1.30. The Morgan fingerprint density at radius 3 is 2.81 bits per heavy atom. The summed E-state index contributed by atoms with van der Waals surface area (Å²) in [6, 6.07) is 10.3. The predicted molar refractivity (Wildman–Crippen MR) is 73.8 cm³/mol. The zero-order valence-corrected chi connectivity index (χ0v) is 11.3. The molecule has 1 N–H and O–H groups in total. The third-order valence-corrected chi connectivity index (χ3v) is 3.73. The van der Waals surface area contributed by atoms with Crippen LogP contribution >= 0.6 is 22.6 Å². The Morgan fingerprint density at radius 2 is 2.12 bits per heavy atom. The molecule has 0 bridgehead atoms. The van der Waals surface area contributed by atoms with Crippen molar-refractivity contribution in [3.63, 3.8) is 0 Å². The summed E-state index contributed by atoms with van der Waals surface area (Å²) < 4.78 is 1.10. The molecule has 1 amide bonds. The Balaban J connectivity index is 1.80. The minimum absolute atomic E-state index is 0.219. The average molecular weight is 329 g/mol. The second-order valence-electron chi connectivity index (χ2n) is 4.19. The van der Waals surface area contributed by atoms with Gasteiger partial charge in [-0.05, 0) is 24.3 Å². The third-order valence-electron chi connectivity index (χ3n) is 2.96. The molecule has 2 unspecified atom stereocenters. The van der Waals surface area contributed by atoms with Crippen molar-refractivity contribution in [1.29, 1.82) is 0 Å². The van der Waals surface area contributed by atoms with Gasteiger partial charge in [0.25, 0.3) is 0 Å². The fraction of sp³-hybridized carbons (Fsp3) is 0.462. The van der Waals surface area contributed by atoms with Crippen LogP contribution in [0.2, 0.25) is 0 Å². The standard InChI is InChI=1S/C13H16INO/c14-7-4-8-15-13(16)12-9-11(12)10-5-2-1-3-6-10/h1-3,5-6,11-12H,4,7-9H2,(H,15,16). The summed E-state index contributed by atoms with van der Waals surface area (Å²) in [6.45, 7) is 0.819. The van der Waals surface area contributed by atoms with Crippen LogP contribution in [0.3, 0.4) is 0 Å². The lowest BCUT2D eigenvalue weighted by Gasteiger charge is -2.03. The lowest BCUT2D eigenvalue weighted by atomic mass is 10.1. The van der Waals surface area contributed by atoms with Gasteiger partial charge < -0.3 is 5.32 Å². The van der Waals surface area contributed by atoms with Crippen molar-refractivity contribution in [2.45, 2.75) is 18.8 Å². The van der Waals surface area contributed by atoms with Gasteiger partial charge in [0.05, 0.1) is 0 Å². The molecule has 2 nitrogen and oxygen atoms in total. The second-order valence-corrected chi connectivity index (χ2v) is 5.27. The van der Waals surface area contributed by atoms with Crippen molar-refractivity contribution in [3.8, 4) is 0 Å². The van der Waals surface area contributed by atoms with E-state index in [4.69, 9.17) is 0 Å². The predicted octanol–water partition coefficient (Wildman–Crippen LogP) is 2.73. The van der Waals surface area contributed by atoms with Crippen LogP contribution < -0.4 is 5.32 Å². The van der Waals surface area contributed by atoms with E-state index in [0.717, 1.165) is 23.8 Å². The number of halogens is 1. The first-order valence-corrected chi connectivity index (χ1v) is 7.24. The molecule has 1 aliphatic carbocycles. The lowest BCUT2D eigenvalue weighted by molar-refractivity contribution is -0.122. The van der Waals surface area contributed by atoms with Crippen molar-refractivity contribution in [3.05, 3.63) is 35.9 Å². The van der Waals surface area contributed by atoms with E-state index in [2.05, 4.69) is 40.0 Å². The Bertz CT molecular complexity index is 352. The number of benzene rings is 1. The summed E-state index contributed by atoms with van der Waals surface area (Å²) in [5, 5.41) is 3.00. The highest BCUT2D eigenvalue weighted by atomic mass is 127. The molecule has 0 radical (unpaired) electrons. The molecule has 2 rings (SSSR count).